The van der Waals surface area contributed by atoms with Crippen molar-refractivity contribution in [2.24, 2.45) is 0 Å². The van der Waals surface area contributed by atoms with Gasteiger partial charge in [-0.1, -0.05) is 62.4 Å². The Morgan fingerprint density at radius 2 is 1.58 bits per heavy atom. The van der Waals surface area contributed by atoms with Crippen LogP contribution in [0.2, 0.25) is 0 Å². The predicted octanol–water partition coefficient (Wildman–Crippen LogP) is 3.50. The predicted molar refractivity (Wildman–Crippen MR) is 96.9 cm³/mol. The molecule has 0 fully saturated rings. The Morgan fingerprint density at radius 1 is 0.917 bits per heavy atom. The molecule has 0 radical (unpaired) electrons. The number of nitrogens with one attached hydrogen (secondary N) is 2. The molecular weight excluding hydrogens is 300 g/mol. The summed E-state index contributed by atoms with van der Waals surface area (Å²) in [4.78, 5) is 23.9. The van der Waals surface area contributed by atoms with Gasteiger partial charge in [0.2, 0.25) is 11.8 Å². The highest BCUT2D eigenvalue weighted by atomic mass is 16.2. The molecule has 0 saturated heterocycles. The zero-order valence-corrected chi connectivity index (χ0v) is 14.2. The fourth-order valence-electron chi connectivity index (χ4n) is 2.51. The quantitative estimate of drug-likeness (QED) is 0.766. The van der Waals surface area contributed by atoms with Gasteiger partial charge in [-0.05, 0) is 29.5 Å². The molecule has 0 bridgehead atoms. The molecule has 2 amide bonds. The van der Waals surface area contributed by atoms with Gasteiger partial charge in [-0.3, -0.25) is 9.59 Å². The van der Waals surface area contributed by atoms with Gasteiger partial charge in [-0.25, -0.2) is 0 Å². The molecule has 0 heterocycles. The van der Waals surface area contributed by atoms with Crippen LogP contribution in [-0.2, 0) is 16.0 Å². The number of amides is 2. The molecule has 4 nitrogen and oxygen atoms in total. The Bertz CT molecular complexity index is 681. The molecule has 0 aliphatic heterocycles. The summed E-state index contributed by atoms with van der Waals surface area (Å²) in [6.07, 6.45) is 0.589. The molecule has 0 atom stereocenters. The van der Waals surface area contributed by atoms with Crippen LogP contribution in [0.25, 0.3) is 0 Å². The monoisotopic (exact) mass is 324 g/mol. The summed E-state index contributed by atoms with van der Waals surface area (Å²) in [5.41, 5.74) is 3.00. The van der Waals surface area contributed by atoms with E-state index in [4.69, 9.17) is 0 Å². The Kier molecular flexibility index (Phi) is 6.55. The van der Waals surface area contributed by atoms with E-state index in [-0.39, 0.29) is 18.2 Å². The molecule has 0 spiro atoms. The Balaban J connectivity index is 1.79. The largest absolute Gasteiger partial charge is 0.355 e. The topological polar surface area (TPSA) is 58.2 Å². The number of benzene rings is 2. The number of hydrogen-bond acceptors (Lipinski definition) is 2. The van der Waals surface area contributed by atoms with Crippen LogP contribution in [0.1, 0.15) is 37.3 Å². The normalized spacial score (nSPS) is 10.5. The van der Waals surface area contributed by atoms with E-state index in [0.717, 1.165) is 23.2 Å². The number of hydrogen-bond donors (Lipinski definition) is 2. The van der Waals surface area contributed by atoms with E-state index in [1.54, 1.807) is 0 Å². The number of anilines is 1. The summed E-state index contributed by atoms with van der Waals surface area (Å²) < 4.78 is 0. The van der Waals surface area contributed by atoms with E-state index in [2.05, 4.69) is 24.5 Å². The Hall–Kier alpha value is -2.62. The molecule has 24 heavy (non-hydrogen) atoms. The van der Waals surface area contributed by atoms with Crippen LogP contribution in [0.15, 0.2) is 54.6 Å². The van der Waals surface area contributed by atoms with Crippen LogP contribution >= 0.6 is 0 Å². The summed E-state index contributed by atoms with van der Waals surface area (Å²) in [5, 5.41) is 5.62. The molecule has 126 valence electrons. The second-order valence-corrected chi connectivity index (χ2v) is 6.05. The highest BCUT2D eigenvalue weighted by Gasteiger charge is 2.12. The summed E-state index contributed by atoms with van der Waals surface area (Å²) in [6.45, 7) is 4.67. The van der Waals surface area contributed by atoms with Crippen LogP contribution in [0.3, 0.4) is 0 Å². The van der Waals surface area contributed by atoms with Crippen molar-refractivity contribution < 1.29 is 9.59 Å². The Morgan fingerprint density at radius 3 is 2.29 bits per heavy atom. The first kappa shape index (κ1) is 17.7. The van der Waals surface area contributed by atoms with Crippen molar-refractivity contribution in [3.63, 3.8) is 0 Å². The smallest absolute Gasteiger partial charge is 0.233 e. The molecule has 2 aromatic rings. The van der Waals surface area contributed by atoms with Crippen molar-refractivity contribution >= 4 is 17.5 Å². The summed E-state index contributed by atoms with van der Waals surface area (Å²) in [5.74, 6) is -0.244. The molecule has 2 N–H and O–H groups in total. The van der Waals surface area contributed by atoms with Crippen LogP contribution in [0.4, 0.5) is 5.69 Å². The summed E-state index contributed by atoms with van der Waals surface area (Å²) in [7, 11) is 0. The third-order valence-corrected chi connectivity index (χ3v) is 3.76. The molecular formula is C20H24N2O2. The second-order valence-electron chi connectivity index (χ2n) is 6.05. The average molecular weight is 324 g/mol. The zero-order chi connectivity index (χ0) is 17.4. The first-order valence-electron chi connectivity index (χ1n) is 8.25. The van der Waals surface area contributed by atoms with E-state index in [9.17, 15) is 9.59 Å². The lowest BCUT2D eigenvalue weighted by atomic mass is 10.0. The van der Waals surface area contributed by atoms with Crippen molar-refractivity contribution in [2.75, 3.05) is 11.9 Å². The van der Waals surface area contributed by atoms with Gasteiger partial charge in [0.25, 0.3) is 0 Å². The van der Waals surface area contributed by atoms with Crippen LogP contribution in [0, 0.1) is 0 Å². The third-order valence-electron chi connectivity index (χ3n) is 3.76. The lowest BCUT2D eigenvalue weighted by Gasteiger charge is -2.13. The van der Waals surface area contributed by atoms with Gasteiger partial charge >= 0.3 is 0 Å². The van der Waals surface area contributed by atoms with Crippen molar-refractivity contribution in [3.8, 4) is 0 Å². The molecule has 0 aromatic heterocycles. The van der Waals surface area contributed by atoms with Gasteiger partial charge in [0.15, 0.2) is 0 Å². The second kappa shape index (κ2) is 8.87. The standard InChI is InChI=1S/C20H24N2O2/c1-15(2)17-10-6-7-11-18(17)22-20(24)14-19(23)21-13-12-16-8-4-3-5-9-16/h3-11,15H,12-14H2,1-2H3,(H,21,23)(H,22,24). The minimum atomic E-state index is -0.291. The van der Waals surface area contributed by atoms with Crippen molar-refractivity contribution in [1.82, 2.24) is 5.32 Å². The minimum absolute atomic E-state index is 0.165. The van der Waals surface area contributed by atoms with Gasteiger partial charge in [0, 0.05) is 12.2 Å². The molecule has 0 saturated carbocycles. The maximum atomic E-state index is 12.1. The van der Waals surface area contributed by atoms with Crippen LogP contribution in [0.5, 0.6) is 0 Å². The maximum Gasteiger partial charge on any atom is 0.233 e. The fraction of sp³-hybridized carbons (Fsp3) is 0.300. The zero-order valence-electron chi connectivity index (χ0n) is 14.2. The van der Waals surface area contributed by atoms with Gasteiger partial charge < -0.3 is 10.6 Å². The Labute approximate surface area is 143 Å². The maximum absolute atomic E-state index is 12.1. The van der Waals surface area contributed by atoms with Gasteiger partial charge in [-0.15, -0.1) is 0 Å². The molecule has 0 aliphatic carbocycles. The van der Waals surface area contributed by atoms with Gasteiger partial charge in [0.1, 0.15) is 6.42 Å². The fourth-order valence-corrected chi connectivity index (χ4v) is 2.51. The van der Waals surface area contributed by atoms with E-state index in [0.29, 0.717) is 12.5 Å². The van der Waals surface area contributed by atoms with Gasteiger partial charge in [0.05, 0.1) is 0 Å². The highest BCUT2D eigenvalue weighted by molar-refractivity contribution is 6.03. The van der Waals surface area contributed by atoms with E-state index < -0.39 is 0 Å². The average Bonchev–Trinajstić information content (AvgIpc) is 2.56. The molecule has 2 aromatic carbocycles. The van der Waals surface area contributed by atoms with E-state index in [1.165, 1.54) is 0 Å². The first-order chi connectivity index (χ1) is 11.6. The number of para-hydroxylation sites is 1. The lowest BCUT2D eigenvalue weighted by Crippen LogP contribution is -2.29. The third kappa shape index (κ3) is 5.54. The molecule has 2 rings (SSSR count). The minimum Gasteiger partial charge on any atom is -0.355 e. The highest BCUT2D eigenvalue weighted by Crippen LogP contribution is 2.23. The number of carbonyl (C=O) groups excluding carboxylic acids is 2. The number of rotatable bonds is 7. The molecule has 0 unspecified atom stereocenters. The van der Waals surface area contributed by atoms with Crippen molar-refractivity contribution in [1.29, 1.82) is 0 Å². The summed E-state index contributed by atoms with van der Waals surface area (Å²) in [6, 6.07) is 17.6. The van der Waals surface area contributed by atoms with Crippen molar-refractivity contribution in [2.45, 2.75) is 32.6 Å². The van der Waals surface area contributed by atoms with E-state index >= 15 is 0 Å². The van der Waals surface area contributed by atoms with Crippen LogP contribution in [-0.4, -0.2) is 18.4 Å². The van der Waals surface area contributed by atoms with E-state index in [1.807, 2.05) is 54.6 Å². The first-order valence-corrected chi connectivity index (χ1v) is 8.25. The SMILES string of the molecule is CC(C)c1ccccc1NC(=O)CC(=O)NCCc1ccccc1. The summed E-state index contributed by atoms with van der Waals surface area (Å²) >= 11 is 0. The lowest BCUT2D eigenvalue weighted by molar-refractivity contribution is -0.126. The number of carbonyl (C=O) groups is 2. The van der Waals surface area contributed by atoms with Crippen molar-refractivity contribution in [3.05, 3.63) is 65.7 Å². The van der Waals surface area contributed by atoms with Crippen LogP contribution < -0.4 is 10.6 Å². The van der Waals surface area contributed by atoms with Gasteiger partial charge in [-0.2, -0.15) is 0 Å². The molecule has 0 aliphatic rings. The molecule has 4 heteroatoms.